The SMILES string of the molecule is COC(=O)[C@@H]1CCC[C@H](C(=O)N[C@@H](C(=O)N2CC[C@](O)(c3ccc(Cl)cc3)C(C)(C)C2)C(C)C)C1. The van der Waals surface area contributed by atoms with E-state index in [0.29, 0.717) is 37.4 Å². The van der Waals surface area contributed by atoms with Crippen LogP contribution in [0, 0.1) is 23.2 Å². The number of esters is 1. The van der Waals surface area contributed by atoms with Crippen LogP contribution in [0.15, 0.2) is 24.3 Å². The highest BCUT2D eigenvalue weighted by atomic mass is 35.5. The summed E-state index contributed by atoms with van der Waals surface area (Å²) < 4.78 is 4.87. The van der Waals surface area contributed by atoms with Crippen molar-refractivity contribution in [3.05, 3.63) is 34.9 Å². The van der Waals surface area contributed by atoms with Crippen molar-refractivity contribution in [2.75, 3.05) is 20.2 Å². The van der Waals surface area contributed by atoms with Crippen molar-refractivity contribution in [3.8, 4) is 0 Å². The van der Waals surface area contributed by atoms with Gasteiger partial charge in [0.1, 0.15) is 6.04 Å². The summed E-state index contributed by atoms with van der Waals surface area (Å²) in [5, 5.41) is 15.2. The number of piperidine rings is 1. The first-order valence-corrected chi connectivity index (χ1v) is 12.9. The maximum absolute atomic E-state index is 13.6. The maximum Gasteiger partial charge on any atom is 0.308 e. The molecule has 0 unspecified atom stereocenters. The average molecular weight is 507 g/mol. The molecule has 2 N–H and O–H groups in total. The van der Waals surface area contributed by atoms with Gasteiger partial charge in [-0.05, 0) is 49.3 Å². The van der Waals surface area contributed by atoms with Gasteiger partial charge in [0.05, 0.1) is 18.6 Å². The number of carbonyl (C=O) groups is 3. The van der Waals surface area contributed by atoms with Crippen LogP contribution >= 0.6 is 11.6 Å². The van der Waals surface area contributed by atoms with Crippen LogP contribution in [0.4, 0.5) is 0 Å². The van der Waals surface area contributed by atoms with Crippen molar-refractivity contribution in [2.45, 2.75) is 71.4 Å². The molecule has 0 spiro atoms. The molecule has 35 heavy (non-hydrogen) atoms. The summed E-state index contributed by atoms with van der Waals surface area (Å²) in [5.74, 6) is -1.28. The topological polar surface area (TPSA) is 95.9 Å². The predicted molar refractivity (Wildman–Crippen MR) is 135 cm³/mol. The van der Waals surface area contributed by atoms with Crippen molar-refractivity contribution in [1.82, 2.24) is 10.2 Å². The third-order valence-corrected chi connectivity index (χ3v) is 8.14. The molecular weight excluding hydrogens is 468 g/mol. The Balaban J connectivity index is 1.70. The lowest BCUT2D eigenvalue weighted by atomic mass is 9.66. The second kappa shape index (κ2) is 10.9. The Kier molecular flexibility index (Phi) is 8.53. The molecule has 1 aromatic carbocycles. The Morgan fingerprint density at radius 2 is 1.77 bits per heavy atom. The third kappa shape index (κ3) is 5.83. The first-order chi connectivity index (χ1) is 16.4. The minimum Gasteiger partial charge on any atom is -0.469 e. The van der Waals surface area contributed by atoms with E-state index < -0.39 is 17.1 Å². The Morgan fingerprint density at radius 3 is 2.34 bits per heavy atom. The van der Waals surface area contributed by atoms with Gasteiger partial charge in [-0.1, -0.05) is 57.8 Å². The van der Waals surface area contributed by atoms with E-state index in [4.69, 9.17) is 16.3 Å². The Bertz CT molecular complexity index is 932. The lowest BCUT2D eigenvalue weighted by Crippen LogP contribution is -2.60. The molecule has 1 saturated heterocycles. The number of hydrogen-bond acceptors (Lipinski definition) is 5. The summed E-state index contributed by atoms with van der Waals surface area (Å²) in [6.07, 6.45) is 3.03. The zero-order valence-electron chi connectivity index (χ0n) is 21.5. The maximum atomic E-state index is 13.6. The van der Waals surface area contributed by atoms with Crippen LogP contribution in [-0.4, -0.2) is 54.0 Å². The molecule has 0 radical (unpaired) electrons. The van der Waals surface area contributed by atoms with Crippen molar-refractivity contribution in [2.24, 2.45) is 23.2 Å². The van der Waals surface area contributed by atoms with Gasteiger partial charge in [0.2, 0.25) is 11.8 Å². The number of benzene rings is 1. The van der Waals surface area contributed by atoms with Crippen molar-refractivity contribution < 1.29 is 24.2 Å². The van der Waals surface area contributed by atoms with Crippen LogP contribution in [0.3, 0.4) is 0 Å². The molecule has 4 atom stereocenters. The van der Waals surface area contributed by atoms with Gasteiger partial charge < -0.3 is 20.1 Å². The summed E-state index contributed by atoms with van der Waals surface area (Å²) in [6.45, 7) is 8.49. The summed E-state index contributed by atoms with van der Waals surface area (Å²) in [7, 11) is 1.37. The molecule has 8 heteroatoms. The van der Waals surface area contributed by atoms with Gasteiger partial charge in [0, 0.05) is 29.4 Å². The number of methoxy groups -OCH3 is 1. The van der Waals surface area contributed by atoms with Crippen LogP contribution in [0.1, 0.15) is 65.4 Å². The second-order valence-corrected chi connectivity index (χ2v) is 11.5. The number of likely N-dealkylation sites (tertiary alicyclic amines) is 1. The minimum atomic E-state index is -1.10. The average Bonchev–Trinajstić information content (AvgIpc) is 2.83. The number of rotatable bonds is 6. The highest BCUT2D eigenvalue weighted by molar-refractivity contribution is 6.30. The molecule has 1 aliphatic carbocycles. The lowest BCUT2D eigenvalue weighted by Gasteiger charge is -2.51. The summed E-state index contributed by atoms with van der Waals surface area (Å²) >= 11 is 6.03. The van der Waals surface area contributed by atoms with Gasteiger partial charge in [0.25, 0.3) is 0 Å². The van der Waals surface area contributed by atoms with E-state index in [1.165, 1.54) is 7.11 Å². The minimum absolute atomic E-state index is 0.105. The first kappa shape index (κ1) is 27.5. The molecule has 194 valence electrons. The quantitative estimate of drug-likeness (QED) is 0.570. The van der Waals surface area contributed by atoms with E-state index in [-0.39, 0.29) is 35.5 Å². The Labute approximate surface area is 213 Å². The van der Waals surface area contributed by atoms with Crippen LogP contribution in [0.25, 0.3) is 0 Å². The molecule has 1 heterocycles. The molecule has 0 bridgehead atoms. The van der Waals surface area contributed by atoms with Crippen LogP contribution < -0.4 is 5.32 Å². The van der Waals surface area contributed by atoms with Gasteiger partial charge in [-0.15, -0.1) is 0 Å². The van der Waals surface area contributed by atoms with E-state index in [9.17, 15) is 19.5 Å². The van der Waals surface area contributed by atoms with E-state index >= 15 is 0 Å². The van der Waals surface area contributed by atoms with Gasteiger partial charge in [-0.3, -0.25) is 14.4 Å². The molecule has 1 aliphatic heterocycles. The number of aliphatic hydroxyl groups is 1. The molecule has 2 fully saturated rings. The van der Waals surface area contributed by atoms with Crippen LogP contribution in [0.5, 0.6) is 0 Å². The van der Waals surface area contributed by atoms with Gasteiger partial charge in [-0.2, -0.15) is 0 Å². The Morgan fingerprint density at radius 1 is 1.14 bits per heavy atom. The standard InChI is InChI=1S/C27H39ClN2O5/c1-17(2)22(29-23(31)18-7-6-8-19(15-18)25(33)35-5)24(32)30-14-13-27(34,26(3,4)16-30)20-9-11-21(28)12-10-20/h9-12,17-19,22,34H,6-8,13-16H2,1-5H3,(H,29,31)/t18-,19+,22+,27-/m0/s1. The van der Waals surface area contributed by atoms with Crippen molar-refractivity contribution in [1.29, 1.82) is 0 Å². The smallest absolute Gasteiger partial charge is 0.308 e. The zero-order chi connectivity index (χ0) is 26.0. The van der Waals surface area contributed by atoms with Crippen molar-refractivity contribution in [3.63, 3.8) is 0 Å². The van der Waals surface area contributed by atoms with Crippen LogP contribution in [0.2, 0.25) is 5.02 Å². The predicted octanol–water partition coefficient (Wildman–Crippen LogP) is 3.91. The number of nitrogens with zero attached hydrogens (tertiary/aromatic N) is 1. The lowest BCUT2D eigenvalue weighted by molar-refractivity contribution is -0.157. The third-order valence-electron chi connectivity index (χ3n) is 7.89. The number of amides is 2. The van der Waals surface area contributed by atoms with Crippen molar-refractivity contribution >= 4 is 29.4 Å². The second-order valence-electron chi connectivity index (χ2n) is 11.1. The monoisotopic (exact) mass is 506 g/mol. The zero-order valence-corrected chi connectivity index (χ0v) is 22.2. The van der Waals surface area contributed by atoms with Gasteiger partial charge in [0.15, 0.2) is 0 Å². The van der Waals surface area contributed by atoms with E-state index in [1.54, 1.807) is 17.0 Å². The van der Waals surface area contributed by atoms with Crippen LogP contribution in [-0.2, 0) is 24.7 Å². The fourth-order valence-corrected chi connectivity index (χ4v) is 5.69. The summed E-state index contributed by atoms with van der Waals surface area (Å²) in [6, 6.07) is 6.54. The molecule has 1 saturated carbocycles. The van der Waals surface area contributed by atoms with Gasteiger partial charge in [-0.25, -0.2) is 0 Å². The molecule has 2 amide bonds. The largest absolute Gasteiger partial charge is 0.469 e. The number of nitrogens with one attached hydrogen (secondary N) is 1. The molecule has 2 aliphatic rings. The summed E-state index contributed by atoms with van der Waals surface area (Å²) in [5.41, 5.74) is -0.932. The number of ether oxygens (including phenoxy) is 1. The number of hydrogen-bond donors (Lipinski definition) is 2. The molecule has 0 aromatic heterocycles. The van der Waals surface area contributed by atoms with E-state index in [1.807, 2.05) is 39.8 Å². The van der Waals surface area contributed by atoms with E-state index in [0.717, 1.165) is 18.4 Å². The Hall–Kier alpha value is -2.12. The molecule has 7 nitrogen and oxygen atoms in total. The number of halogens is 1. The molecule has 3 rings (SSSR count). The fraction of sp³-hybridized carbons (Fsp3) is 0.667. The molecule has 1 aromatic rings. The highest BCUT2D eigenvalue weighted by Crippen LogP contribution is 2.46. The first-order valence-electron chi connectivity index (χ1n) is 12.5. The van der Waals surface area contributed by atoms with Gasteiger partial charge >= 0.3 is 5.97 Å². The fourth-order valence-electron chi connectivity index (χ4n) is 5.56. The number of carbonyl (C=O) groups excluding carboxylic acids is 3. The van der Waals surface area contributed by atoms with E-state index in [2.05, 4.69) is 5.32 Å². The highest BCUT2D eigenvalue weighted by Gasteiger charge is 2.50. The molecular formula is C27H39ClN2O5. The normalized spacial score (nSPS) is 27.3. The summed E-state index contributed by atoms with van der Waals surface area (Å²) in [4.78, 5) is 40.4.